The summed E-state index contributed by atoms with van der Waals surface area (Å²) in [6.45, 7) is 2.52. The predicted octanol–water partition coefficient (Wildman–Crippen LogP) is 4.81. The van der Waals surface area contributed by atoms with Gasteiger partial charge in [-0.15, -0.1) is 12.4 Å². The number of hydrogen-bond acceptors (Lipinski definition) is 7. The molecule has 166 valence electrons. The monoisotopic (exact) mass is 484 g/mol. The number of benzene rings is 2. The highest BCUT2D eigenvalue weighted by molar-refractivity contribution is 7.23. The number of ether oxygens (including phenoxy) is 1. The third kappa shape index (κ3) is 5.07. The first kappa shape index (κ1) is 24.8. The molecule has 2 aromatic carbocycles. The Kier molecular flexibility index (Phi) is 8.19. The van der Waals surface area contributed by atoms with Crippen LogP contribution in [0.15, 0.2) is 30.3 Å². The zero-order chi connectivity index (χ0) is 22.0. The molecular weight excluding hydrogens is 463 g/mol. The van der Waals surface area contributed by atoms with Gasteiger partial charge in [0.05, 0.1) is 21.8 Å². The number of anilines is 1. The lowest BCUT2D eigenvalue weighted by Crippen LogP contribution is -2.37. The Morgan fingerprint density at radius 2 is 1.97 bits per heavy atom. The van der Waals surface area contributed by atoms with E-state index in [1.807, 2.05) is 19.0 Å². The molecule has 3 rings (SSSR count). The van der Waals surface area contributed by atoms with Crippen LogP contribution in [0.5, 0.6) is 5.75 Å². The highest BCUT2D eigenvalue weighted by Gasteiger charge is 2.26. The average Bonchev–Trinajstić information content (AvgIpc) is 3.14. The highest BCUT2D eigenvalue weighted by atomic mass is 35.5. The number of aromatic nitrogens is 1. The fraction of sp³-hybridized carbons (Fsp3) is 0.300. The smallest absolute Gasteiger partial charge is 0.273 e. The second-order valence-electron chi connectivity index (χ2n) is 6.89. The van der Waals surface area contributed by atoms with Gasteiger partial charge in [0.2, 0.25) is 0 Å². The summed E-state index contributed by atoms with van der Waals surface area (Å²) in [5.74, 6) is 0.204. The van der Waals surface area contributed by atoms with Crippen molar-refractivity contribution in [2.24, 2.45) is 0 Å². The number of methoxy groups -OCH3 is 1. The van der Waals surface area contributed by atoms with Gasteiger partial charge in [0, 0.05) is 30.3 Å². The van der Waals surface area contributed by atoms with E-state index in [0.29, 0.717) is 44.8 Å². The molecular formula is C20H22Cl2N4O4S. The van der Waals surface area contributed by atoms with Gasteiger partial charge in [-0.05, 0) is 39.2 Å². The van der Waals surface area contributed by atoms with Crippen LogP contribution in [0.25, 0.3) is 10.2 Å². The van der Waals surface area contributed by atoms with Crippen LogP contribution in [0.2, 0.25) is 5.02 Å². The van der Waals surface area contributed by atoms with Crippen LogP contribution in [0.3, 0.4) is 0 Å². The van der Waals surface area contributed by atoms with Crippen LogP contribution in [0, 0.1) is 17.0 Å². The minimum absolute atomic E-state index is 0. The van der Waals surface area contributed by atoms with Crippen molar-refractivity contribution in [2.75, 3.05) is 39.2 Å². The molecule has 0 aliphatic heterocycles. The average molecular weight is 485 g/mol. The Balaban J connectivity index is 0.00000341. The van der Waals surface area contributed by atoms with Gasteiger partial charge in [-0.2, -0.15) is 0 Å². The van der Waals surface area contributed by atoms with Crippen LogP contribution in [0.4, 0.5) is 10.8 Å². The lowest BCUT2D eigenvalue weighted by molar-refractivity contribution is -0.385. The van der Waals surface area contributed by atoms with E-state index in [-0.39, 0.29) is 29.6 Å². The van der Waals surface area contributed by atoms with Gasteiger partial charge in [0.25, 0.3) is 11.6 Å². The van der Waals surface area contributed by atoms with Crippen LogP contribution in [-0.2, 0) is 0 Å². The lowest BCUT2D eigenvalue weighted by Gasteiger charge is -2.22. The first-order chi connectivity index (χ1) is 14.2. The molecule has 0 spiro atoms. The Morgan fingerprint density at radius 3 is 2.58 bits per heavy atom. The topological polar surface area (TPSA) is 88.8 Å². The van der Waals surface area contributed by atoms with E-state index in [0.717, 1.165) is 0 Å². The zero-order valence-corrected chi connectivity index (χ0v) is 19.8. The van der Waals surface area contributed by atoms with E-state index in [4.69, 9.17) is 16.3 Å². The number of nitro groups is 1. The molecule has 0 fully saturated rings. The Labute approximate surface area is 194 Å². The van der Waals surface area contributed by atoms with Gasteiger partial charge in [-0.3, -0.25) is 19.8 Å². The second-order valence-corrected chi connectivity index (χ2v) is 8.28. The number of amides is 1. The van der Waals surface area contributed by atoms with Crippen LogP contribution in [-0.4, -0.2) is 55.0 Å². The molecule has 1 aromatic heterocycles. The molecule has 0 saturated heterocycles. The predicted molar refractivity (Wildman–Crippen MR) is 126 cm³/mol. The summed E-state index contributed by atoms with van der Waals surface area (Å²) in [4.78, 5) is 32.4. The second kappa shape index (κ2) is 10.2. The first-order valence-electron chi connectivity index (χ1n) is 9.08. The fourth-order valence-corrected chi connectivity index (χ4v) is 4.28. The Bertz CT molecular complexity index is 1120. The SMILES string of the molecule is COc1ccc(Cl)c2sc(N(CCN(C)C)C(=O)c3cccc([N+](=O)[O-])c3C)nc12.Cl. The number of thiazole rings is 1. The van der Waals surface area contributed by atoms with Gasteiger partial charge in [0.15, 0.2) is 5.13 Å². The zero-order valence-electron chi connectivity index (χ0n) is 17.4. The summed E-state index contributed by atoms with van der Waals surface area (Å²) >= 11 is 7.62. The van der Waals surface area contributed by atoms with Crippen molar-refractivity contribution in [2.45, 2.75) is 6.92 Å². The van der Waals surface area contributed by atoms with Crippen molar-refractivity contribution < 1.29 is 14.5 Å². The number of likely N-dealkylation sites (N-methyl/N-ethyl adjacent to an activating group) is 1. The maximum absolute atomic E-state index is 13.5. The van der Waals surface area contributed by atoms with Crippen molar-refractivity contribution in [1.29, 1.82) is 0 Å². The minimum atomic E-state index is -0.488. The third-order valence-electron chi connectivity index (χ3n) is 4.65. The van der Waals surface area contributed by atoms with E-state index in [2.05, 4.69) is 4.98 Å². The lowest BCUT2D eigenvalue weighted by atomic mass is 10.1. The number of rotatable bonds is 7. The summed E-state index contributed by atoms with van der Waals surface area (Å²) in [7, 11) is 5.35. The Morgan fingerprint density at radius 1 is 1.26 bits per heavy atom. The number of nitrogens with zero attached hydrogens (tertiary/aromatic N) is 4. The molecule has 11 heteroatoms. The quantitative estimate of drug-likeness (QED) is 0.353. The molecule has 1 amide bonds. The molecule has 0 radical (unpaired) electrons. The number of fused-ring (bicyclic) bond motifs is 1. The van der Waals surface area contributed by atoms with Gasteiger partial charge in [0.1, 0.15) is 11.3 Å². The summed E-state index contributed by atoms with van der Waals surface area (Å²) in [5, 5.41) is 12.3. The summed E-state index contributed by atoms with van der Waals surface area (Å²) in [6.07, 6.45) is 0. The minimum Gasteiger partial charge on any atom is -0.494 e. The Hall–Kier alpha value is -2.46. The first-order valence-corrected chi connectivity index (χ1v) is 10.3. The third-order valence-corrected chi connectivity index (χ3v) is 6.18. The molecule has 0 bridgehead atoms. The summed E-state index contributed by atoms with van der Waals surface area (Å²) in [5.41, 5.74) is 1.06. The molecule has 0 saturated carbocycles. The van der Waals surface area contributed by atoms with Gasteiger partial charge < -0.3 is 9.64 Å². The van der Waals surface area contributed by atoms with Crippen molar-refractivity contribution in [3.05, 3.63) is 56.6 Å². The van der Waals surface area contributed by atoms with Gasteiger partial charge in [-0.1, -0.05) is 29.0 Å². The van der Waals surface area contributed by atoms with E-state index in [1.54, 1.807) is 32.2 Å². The van der Waals surface area contributed by atoms with E-state index in [1.165, 1.54) is 28.4 Å². The number of nitro benzene ring substituents is 1. The standard InChI is InChI=1S/C20H21ClN4O4S.ClH/c1-12-13(6-5-7-15(12)25(27)28)19(26)24(11-10-23(2)3)20-22-17-16(29-4)9-8-14(21)18(17)30-20;/h5-9H,10-11H2,1-4H3;1H. The van der Waals surface area contributed by atoms with Gasteiger partial charge in [-0.25, -0.2) is 4.98 Å². The van der Waals surface area contributed by atoms with Crippen LogP contribution in [0.1, 0.15) is 15.9 Å². The van der Waals surface area contributed by atoms with E-state index >= 15 is 0 Å². The molecule has 8 nitrogen and oxygen atoms in total. The van der Waals surface area contributed by atoms with Gasteiger partial charge >= 0.3 is 0 Å². The number of halogens is 2. The van der Waals surface area contributed by atoms with Crippen LogP contribution < -0.4 is 9.64 Å². The number of carbonyl (C=O) groups is 1. The highest BCUT2D eigenvalue weighted by Crippen LogP contribution is 2.39. The molecule has 1 heterocycles. The van der Waals surface area contributed by atoms with E-state index < -0.39 is 4.92 Å². The maximum Gasteiger partial charge on any atom is 0.273 e. The largest absolute Gasteiger partial charge is 0.494 e. The van der Waals surface area contributed by atoms with Crippen molar-refractivity contribution >= 4 is 62.3 Å². The summed E-state index contributed by atoms with van der Waals surface area (Å²) in [6, 6.07) is 7.94. The van der Waals surface area contributed by atoms with Crippen molar-refractivity contribution in [3.8, 4) is 5.75 Å². The van der Waals surface area contributed by atoms with E-state index in [9.17, 15) is 14.9 Å². The van der Waals surface area contributed by atoms with Crippen molar-refractivity contribution in [1.82, 2.24) is 9.88 Å². The number of hydrogen-bond donors (Lipinski definition) is 0. The molecule has 3 aromatic rings. The molecule has 0 unspecified atom stereocenters. The van der Waals surface area contributed by atoms with Crippen molar-refractivity contribution in [3.63, 3.8) is 0 Å². The maximum atomic E-state index is 13.5. The molecule has 31 heavy (non-hydrogen) atoms. The summed E-state index contributed by atoms with van der Waals surface area (Å²) < 4.78 is 6.09. The molecule has 0 aliphatic rings. The number of carbonyl (C=O) groups excluding carboxylic acids is 1. The fourth-order valence-electron chi connectivity index (χ4n) is 3.00. The normalized spacial score (nSPS) is 10.8. The molecule has 0 aliphatic carbocycles. The molecule has 0 atom stereocenters. The molecule has 0 N–H and O–H groups in total. The van der Waals surface area contributed by atoms with Crippen LogP contribution >= 0.6 is 35.3 Å².